The summed E-state index contributed by atoms with van der Waals surface area (Å²) in [7, 11) is 0. The zero-order valence-electron chi connectivity index (χ0n) is 18.5. The predicted molar refractivity (Wildman–Crippen MR) is 120 cm³/mol. The number of esters is 1. The van der Waals surface area contributed by atoms with Gasteiger partial charge in [0.2, 0.25) is 0 Å². The molecule has 0 spiro atoms. The molecule has 0 bridgehead atoms. The minimum absolute atomic E-state index is 0.216. The van der Waals surface area contributed by atoms with Crippen LogP contribution in [-0.4, -0.2) is 48.5 Å². The van der Waals surface area contributed by atoms with Crippen molar-refractivity contribution >= 4 is 17.7 Å². The Balaban J connectivity index is 1.49. The third-order valence-electron chi connectivity index (χ3n) is 4.80. The zero-order chi connectivity index (χ0) is 23.4. The summed E-state index contributed by atoms with van der Waals surface area (Å²) in [5.74, 6) is -0.662. The molecule has 10 nitrogen and oxygen atoms in total. The molecule has 0 unspecified atom stereocenters. The van der Waals surface area contributed by atoms with Gasteiger partial charge in [0, 0.05) is 11.5 Å². The van der Waals surface area contributed by atoms with E-state index in [1.54, 1.807) is 28.9 Å². The van der Waals surface area contributed by atoms with Crippen molar-refractivity contribution in [1.82, 2.24) is 30.0 Å². The number of para-hydroxylation sites is 2. The maximum Gasteiger partial charge on any atom is 0.340 e. The van der Waals surface area contributed by atoms with Crippen LogP contribution in [-0.2, 0) is 14.9 Å². The molecule has 2 aromatic heterocycles. The fourth-order valence-electron chi connectivity index (χ4n) is 3.11. The predicted octanol–water partition coefficient (Wildman–Crippen LogP) is 2.94. The lowest BCUT2D eigenvalue weighted by Crippen LogP contribution is -2.23. The van der Waals surface area contributed by atoms with E-state index in [9.17, 15) is 9.59 Å². The molecular weight excluding hydrogens is 422 g/mol. The molecule has 1 amide bonds. The third-order valence-corrected chi connectivity index (χ3v) is 4.80. The van der Waals surface area contributed by atoms with E-state index in [2.05, 4.69) is 25.9 Å². The Hall–Kier alpha value is -4.34. The number of hydrogen-bond donors (Lipinski definition) is 1. The summed E-state index contributed by atoms with van der Waals surface area (Å²) >= 11 is 0. The van der Waals surface area contributed by atoms with E-state index in [1.165, 1.54) is 11.0 Å². The molecule has 2 heterocycles. The average molecular weight is 445 g/mol. The van der Waals surface area contributed by atoms with E-state index >= 15 is 0 Å². The molecule has 10 heteroatoms. The van der Waals surface area contributed by atoms with Gasteiger partial charge in [-0.2, -0.15) is 9.78 Å². The highest BCUT2D eigenvalue weighted by molar-refractivity contribution is 5.97. The van der Waals surface area contributed by atoms with Gasteiger partial charge in [-0.1, -0.05) is 51.1 Å². The third kappa shape index (κ3) is 4.95. The van der Waals surface area contributed by atoms with Gasteiger partial charge in [-0.15, -0.1) is 5.10 Å². The van der Waals surface area contributed by atoms with Gasteiger partial charge in [0.15, 0.2) is 6.61 Å². The van der Waals surface area contributed by atoms with Gasteiger partial charge in [-0.25, -0.2) is 9.48 Å². The molecule has 0 saturated carbocycles. The van der Waals surface area contributed by atoms with Crippen molar-refractivity contribution in [2.24, 2.45) is 0 Å². The zero-order valence-corrected chi connectivity index (χ0v) is 18.5. The summed E-state index contributed by atoms with van der Waals surface area (Å²) in [6.07, 6.45) is 1.37. The van der Waals surface area contributed by atoms with Crippen LogP contribution in [0.25, 0.3) is 11.4 Å². The molecule has 0 aliphatic rings. The van der Waals surface area contributed by atoms with Crippen molar-refractivity contribution in [3.8, 4) is 11.4 Å². The first-order valence-corrected chi connectivity index (χ1v) is 10.3. The number of aromatic nitrogens is 6. The molecule has 0 atom stereocenters. The Labute approximate surface area is 190 Å². The Morgan fingerprint density at radius 1 is 1.03 bits per heavy atom. The van der Waals surface area contributed by atoms with Crippen molar-refractivity contribution in [1.29, 1.82) is 0 Å². The maximum atomic E-state index is 12.6. The normalized spacial score (nSPS) is 11.2. The highest BCUT2D eigenvalue weighted by Gasteiger charge is 2.22. The van der Waals surface area contributed by atoms with Crippen LogP contribution < -0.4 is 5.32 Å². The highest BCUT2D eigenvalue weighted by Crippen LogP contribution is 2.26. The lowest BCUT2D eigenvalue weighted by molar-refractivity contribution is -0.119. The number of carbonyl (C=O) groups excluding carboxylic acids is 2. The molecule has 168 valence electrons. The summed E-state index contributed by atoms with van der Waals surface area (Å²) in [6.45, 7) is 5.66. The number of tetrazole rings is 1. The van der Waals surface area contributed by atoms with E-state index in [1.807, 2.05) is 57.2 Å². The van der Waals surface area contributed by atoms with Crippen LogP contribution in [0, 0.1) is 0 Å². The number of rotatable bonds is 6. The topological polar surface area (TPSA) is 117 Å². The molecule has 0 fully saturated rings. The Bertz CT molecular complexity index is 1260. The number of ether oxygens (including phenoxy) is 1. The second-order valence-corrected chi connectivity index (χ2v) is 8.31. The molecule has 0 saturated heterocycles. The first kappa shape index (κ1) is 21.9. The summed E-state index contributed by atoms with van der Waals surface area (Å²) in [6, 6.07) is 18.0. The number of nitrogens with one attached hydrogen (secondary N) is 1. The second-order valence-electron chi connectivity index (χ2n) is 8.31. The van der Waals surface area contributed by atoms with Gasteiger partial charge >= 0.3 is 5.97 Å². The number of amides is 1. The number of nitrogens with zero attached hydrogens (tertiary/aromatic N) is 6. The average Bonchev–Trinajstić information content (AvgIpc) is 3.48. The molecule has 2 aromatic carbocycles. The van der Waals surface area contributed by atoms with Gasteiger partial charge in [-0.05, 0) is 34.7 Å². The van der Waals surface area contributed by atoms with E-state index in [4.69, 9.17) is 4.74 Å². The summed E-state index contributed by atoms with van der Waals surface area (Å²) in [5, 5.41) is 18.4. The van der Waals surface area contributed by atoms with Gasteiger partial charge in [0.25, 0.3) is 5.91 Å². The molecule has 0 aliphatic heterocycles. The minimum atomic E-state index is -0.664. The van der Waals surface area contributed by atoms with Crippen LogP contribution in [0.15, 0.2) is 67.0 Å². The Kier molecular flexibility index (Phi) is 5.99. The van der Waals surface area contributed by atoms with E-state index < -0.39 is 18.5 Å². The summed E-state index contributed by atoms with van der Waals surface area (Å²) in [5.41, 5.74) is 2.09. The fraction of sp³-hybridized carbons (Fsp3) is 0.217. The fourth-order valence-corrected chi connectivity index (χ4v) is 3.11. The largest absolute Gasteiger partial charge is 0.452 e. The maximum absolute atomic E-state index is 12.6. The second kappa shape index (κ2) is 9.03. The van der Waals surface area contributed by atoms with Gasteiger partial charge in [-0.3, -0.25) is 4.79 Å². The molecule has 1 N–H and O–H groups in total. The Morgan fingerprint density at radius 3 is 2.45 bits per heavy atom. The summed E-state index contributed by atoms with van der Waals surface area (Å²) < 4.78 is 8.27. The first-order valence-electron chi connectivity index (χ1n) is 10.3. The van der Waals surface area contributed by atoms with Gasteiger partial charge in [0.1, 0.15) is 12.1 Å². The van der Waals surface area contributed by atoms with Crippen molar-refractivity contribution in [2.45, 2.75) is 26.2 Å². The highest BCUT2D eigenvalue weighted by atomic mass is 16.5. The lowest BCUT2D eigenvalue weighted by atomic mass is 9.92. The van der Waals surface area contributed by atoms with Gasteiger partial charge < -0.3 is 10.1 Å². The smallest absolute Gasteiger partial charge is 0.340 e. The Morgan fingerprint density at radius 2 is 1.76 bits per heavy atom. The van der Waals surface area contributed by atoms with Crippen LogP contribution in [0.4, 0.5) is 5.82 Å². The lowest BCUT2D eigenvalue weighted by Gasteiger charge is -2.14. The van der Waals surface area contributed by atoms with Gasteiger partial charge in [0.05, 0.1) is 22.6 Å². The first-order chi connectivity index (χ1) is 15.8. The van der Waals surface area contributed by atoms with E-state index in [-0.39, 0.29) is 11.0 Å². The van der Waals surface area contributed by atoms with E-state index in [0.29, 0.717) is 11.5 Å². The molecular formula is C23H23N7O3. The van der Waals surface area contributed by atoms with Crippen molar-refractivity contribution < 1.29 is 14.3 Å². The SMILES string of the molecule is CC(C)(C)c1cc(NC(=O)COC(=O)c2ccccc2-n2cnnn2)n(-c2ccccc2)n1. The number of carbonyl (C=O) groups is 2. The monoisotopic (exact) mass is 445 g/mol. The molecule has 0 aliphatic carbocycles. The van der Waals surface area contributed by atoms with Crippen molar-refractivity contribution in [3.63, 3.8) is 0 Å². The minimum Gasteiger partial charge on any atom is -0.452 e. The number of hydrogen-bond acceptors (Lipinski definition) is 7. The quantitative estimate of drug-likeness (QED) is 0.454. The van der Waals surface area contributed by atoms with Crippen LogP contribution >= 0.6 is 0 Å². The van der Waals surface area contributed by atoms with Crippen molar-refractivity contribution in [2.75, 3.05) is 11.9 Å². The van der Waals surface area contributed by atoms with E-state index in [0.717, 1.165) is 11.4 Å². The molecule has 0 radical (unpaired) electrons. The van der Waals surface area contributed by atoms with Crippen molar-refractivity contribution in [3.05, 3.63) is 78.2 Å². The molecule has 4 rings (SSSR count). The molecule has 4 aromatic rings. The van der Waals surface area contributed by atoms with Crippen LogP contribution in [0.2, 0.25) is 0 Å². The number of benzene rings is 2. The summed E-state index contributed by atoms with van der Waals surface area (Å²) in [4.78, 5) is 25.3. The van der Waals surface area contributed by atoms with Crippen LogP contribution in [0.5, 0.6) is 0 Å². The number of anilines is 1. The molecule has 33 heavy (non-hydrogen) atoms. The van der Waals surface area contributed by atoms with Crippen LogP contribution in [0.3, 0.4) is 0 Å². The van der Waals surface area contributed by atoms with Crippen LogP contribution in [0.1, 0.15) is 36.8 Å². The standard InChI is InChI=1S/C23H23N7O3/c1-23(2,3)19-13-20(30(26-19)16-9-5-4-6-10-16)25-21(31)14-33-22(32)17-11-7-8-12-18(17)29-15-24-27-28-29/h4-13,15H,14H2,1-3H3,(H,25,31).